The second-order valence-corrected chi connectivity index (χ2v) is 5.68. The maximum Gasteiger partial charge on any atom is 0.243 e. The van der Waals surface area contributed by atoms with E-state index in [4.69, 9.17) is 4.42 Å². The molecule has 1 heterocycles. The first-order chi connectivity index (χ1) is 11.5. The summed E-state index contributed by atoms with van der Waals surface area (Å²) < 4.78 is 5.86. The van der Waals surface area contributed by atoms with Gasteiger partial charge >= 0.3 is 0 Å². The summed E-state index contributed by atoms with van der Waals surface area (Å²) in [6.45, 7) is 6.29. The molecule has 1 amide bonds. The van der Waals surface area contributed by atoms with E-state index >= 15 is 0 Å². The summed E-state index contributed by atoms with van der Waals surface area (Å²) in [7, 11) is 3.41. The number of amides is 1. The van der Waals surface area contributed by atoms with Gasteiger partial charge in [0.1, 0.15) is 17.9 Å². The molecule has 2 N–H and O–H groups in total. The number of benzene rings is 1. The average molecular weight is 456 g/mol. The molecule has 1 aromatic carbocycles. The Hall–Kier alpha value is -2.03. The predicted molar refractivity (Wildman–Crippen MR) is 112 cm³/mol. The van der Waals surface area contributed by atoms with Crippen molar-refractivity contribution in [1.82, 2.24) is 15.5 Å². The molecule has 0 spiro atoms. The van der Waals surface area contributed by atoms with Crippen molar-refractivity contribution in [3.8, 4) is 0 Å². The number of nitrogens with zero attached hydrogens (tertiary/aromatic N) is 2. The molecule has 7 heteroatoms. The first-order valence-corrected chi connectivity index (χ1v) is 7.85. The molecule has 1 atom stereocenters. The van der Waals surface area contributed by atoms with E-state index in [-0.39, 0.29) is 42.5 Å². The van der Waals surface area contributed by atoms with Crippen LogP contribution in [0, 0.1) is 0 Å². The zero-order chi connectivity index (χ0) is 17.5. The van der Waals surface area contributed by atoms with Crippen LogP contribution in [0.3, 0.4) is 0 Å². The number of fused-ring (bicyclic) bond motifs is 1. The Morgan fingerprint density at radius 3 is 2.76 bits per heavy atom. The molecule has 2 rings (SSSR count). The molecule has 0 aliphatic heterocycles. The van der Waals surface area contributed by atoms with E-state index in [2.05, 4.69) is 22.2 Å². The summed E-state index contributed by atoms with van der Waals surface area (Å²) in [5.41, 5.74) is 0.849. The molecule has 0 radical (unpaired) electrons. The van der Waals surface area contributed by atoms with E-state index in [0.717, 1.165) is 16.7 Å². The molecule has 0 aliphatic rings. The fourth-order valence-electron chi connectivity index (χ4n) is 2.10. The molecule has 0 bridgehead atoms. The number of carbonyl (C=O) groups is 1. The standard InChI is InChI=1S/C18H24N4O2.HI/c1-5-10-19-18(20-12-17(23)22(3)4)21-13(2)16-11-14-8-6-7-9-15(14)24-16;/h5-9,11,13H,1,10,12H2,2-4H3,(H2,19,20,21);1H. The minimum absolute atomic E-state index is 0. The number of guanidine groups is 1. The fourth-order valence-corrected chi connectivity index (χ4v) is 2.10. The fraction of sp³-hybridized carbons (Fsp3) is 0.333. The molecule has 0 aliphatic carbocycles. The number of furan rings is 1. The number of aliphatic imine (C=N–C) groups is 1. The van der Waals surface area contributed by atoms with Crippen LogP contribution in [-0.4, -0.2) is 44.0 Å². The van der Waals surface area contributed by atoms with E-state index in [1.54, 1.807) is 20.2 Å². The van der Waals surface area contributed by atoms with Crippen LogP contribution in [0.25, 0.3) is 11.0 Å². The van der Waals surface area contributed by atoms with Gasteiger partial charge in [-0.15, -0.1) is 30.6 Å². The van der Waals surface area contributed by atoms with Crippen LogP contribution in [0.4, 0.5) is 0 Å². The number of halogens is 1. The van der Waals surface area contributed by atoms with E-state index in [9.17, 15) is 4.79 Å². The molecule has 1 aromatic heterocycles. The zero-order valence-corrected chi connectivity index (χ0v) is 17.1. The van der Waals surface area contributed by atoms with Gasteiger partial charge in [0.25, 0.3) is 0 Å². The minimum atomic E-state index is -0.0945. The molecular formula is C18H25IN4O2. The smallest absolute Gasteiger partial charge is 0.243 e. The lowest BCUT2D eigenvalue weighted by molar-refractivity contribution is -0.127. The highest BCUT2D eigenvalue weighted by atomic mass is 127. The first-order valence-electron chi connectivity index (χ1n) is 7.85. The van der Waals surface area contributed by atoms with Crippen LogP contribution in [0.2, 0.25) is 0 Å². The summed E-state index contributed by atoms with van der Waals surface area (Å²) >= 11 is 0. The molecule has 0 fully saturated rings. The van der Waals surface area contributed by atoms with Crippen molar-refractivity contribution in [2.45, 2.75) is 13.0 Å². The van der Waals surface area contributed by atoms with Crippen LogP contribution in [0.5, 0.6) is 0 Å². The van der Waals surface area contributed by atoms with E-state index in [0.29, 0.717) is 12.5 Å². The van der Waals surface area contributed by atoms with Crippen LogP contribution in [0.15, 0.2) is 52.4 Å². The van der Waals surface area contributed by atoms with Gasteiger partial charge in [0, 0.05) is 26.0 Å². The van der Waals surface area contributed by atoms with Crippen LogP contribution in [0.1, 0.15) is 18.7 Å². The quantitative estimate of drug-likeness (QED) is 0.304. The van der Waals surface area contributed by atoms with E-state index in [1.165, 1.54) is 4.90 Å². The van der Waals surface area contributed by atoms with Gasteiger partial charge in [0.15, 0.2) is 5.96 Å². The molecule has 0 saturated carbocycles. The number of rotatable bonds is 6. The van der Waals surface area contributed by atoms with Gasteiger partial charge in [0.2, 0.25) is 5.91 Å². The van der Waals surface area contributed by atoms with Gasteiger partial charge in [-0.1, -0.05) is 24.3 Å². The van der Waals surface area contributed by atoms with Gasteiger partial charge < -0.3 is 20.0 Å². The van der Waals surface area contributed by atoms with Gasteiger partial charge in [-0.05, 0) is 19.1 Å². The SMILES string of the molecule is C=CCNC(=NCC(=O)N(C)C)NC(C)c1cc2ccccc2o1.I. The Labute approximate surface area is 165 Å². The van der Waals surface area contributed by atoms with Crippen molar-refractivity contribution in [2.24, 2.45) is 4.99 Å². The molecule has 6 nitrogen and oxygen atoms in total. The Kier molecular flexibility index (Phi) is 8.47. The van der Waals surface area contributed by atoms with Gasteiger partial charge in [0.05, 0.1) is 6.04 Å². The van der Waals surface area contributed by atoms with Gasteiger partial charge in [-0.3, -0.25) is 4.79 Å². The first kappa shape index (κ1) is 21.0. The van der Waals surface area contributed by atoms with Crippen LogP contribution >= 0.6 is 24.0 Å². The van der Waals surface area contributed by atoms with Crippen molar-refractivity contribution in [1.29, 1.82) is 0 Å². The topological polar surface area (TPSA) is 69.9 Å². The van der Waals surface area contributed by atoms with Gasteiger partial charge in [-0.25, -0.2) is 4.99 Å². The highest BCUT2D eigenvalue weighted by Gasteiger charge is 2.13. The summed E-state index contributed by atoms with van der Waals surface area (Å²) in [4.78, 5) is 17.5. The maximum atomic E-state index is 11.7. The Morgan fingerprint density at radius 2 is 2.12 bits per heavy atom. The molecule has 0 saturated heterocycles. The molecule has 136 valence electrons. The second-order valence-electron chi connectivity index (χ2n) is 5.68. The van der Waals surface area contributed by atoms with Crippen molar-refractivity contribution < 1.29 is 9.21 Å². The summed E-state index contributed by atoms with van der Waals surface area (Å²) in [6.07, 6.45) is 1.73. The van der Waals surface area contributed by atoms with Crippen LogP contribution < -0.4 is 10.6 Å². The number of hydrogen-bond donors (Lipinski definition) is 2. The van der Waals surface area contributed by atoms with Crippen molar-refractivity contribution in [3.05, 3.63) is 48.7 Å². The number of para-hydroxylation sites is 1. The summed E-state index contributed by atoms with van der Waals surface area (Å²) in [6, 6.07) is 9.78. The van der Waals surface area contributed by atoms with Crippen LogP contribution in [-0.2, 0) is 4.79 Å². The average Bonchev–Trinajstić information content (AvgIpc) is 3.00. The summed E-state index contributed by atoms with van der Waals surface area (Å²) in [5, 5.41) is 7.41. The predicted octanol–water partition coefficient (Wildman–Crippen LogP) is 2.92. The second kappa shape index (κ2) is 10.1. The third-order valence-electron chi connectivity index (χ3n) is 3.51. The monoisotopic (exact) mass is 456 g/mol. The molecule has 25 heavy (non-hydrogen) atoms. The van der Waals surface area contributed by atoms with E-state index in [1.807, 2.05) is 37.3 Å². The summed E-state index contributed by atoms with van der Waals surface area (Å²) in [5.74, 6) is 1.28. The third kappa shape index (κ3) is 6.08. The number of carbonyl (C=O) groups excluding carboxylic acids is 1. The van der Waals surface area contributed by atoms with Crippen molar-refractivity contribution in [3.63, 3.8) is 0 Å². The highest BCUT2D eigenvalue weighted by Crippen LogP contribution is 2.23. The van der Waals surface area contributed by atoms with Crippen molar-refractivity contribution >= 4 is 46.8 Å². The minimum Gasteiger partial charge on any atom is -0.459 e. The Bertz CT molecular complexity index is 707. The lowest BCUT2D eigenvalue weighted by Gasteiger charge is -2.16. The molecular weight excluding hydrogens is 431 g/mol. The lowest BCUT2D eigenvalue weighted by Crippen LogP contribution is -2.39. The third-order valence-corrected chi connectivity index (χ3v) is 3.51. The van der Waals surface area contributed by atoms with Crippen molar-refractivity contribution in [2.75, 3.05) is 27.2 Å². The maximum absolute atomic E-state index is 11.7. The lowest BCUT2D eigenvalue weighted by atomic mass is 10.2. The van der Waals surface area contributed by atoms with E-state index < -0.39 is 0 Å². The zero-order valence-electron chi connectivity index (χ0n) is 14.8. The Balaban J connectivity index is 0.00000312. The number of likely N-dealkylation sites (N-methyl/N-ethyl adjacent to an activating group) is 1. The number of nitrogens with one attached hydrogen (secondary N) is 2. The molecule has 2 aromatic rings. The largest absolute Gasteiger partial charge is 0.459 e. The number of hydrogen-bond acceptors (Lipinski definition) is 3. The normalized spacial score (nSPS) is 12.2. The van der Waals surface area contributed by atoms with Gasteiger partial charge in [-0.2, -0.15) is 0 Å². The molecule has 1 unspecified atom stereocenters. The highest BCUT2D eigenvalue weighted by molar-refractivity contribution is 14.0. The Morgan fingerprint density at radius 1 is 1.40 bits per heavy atom.